The summed E-state index contributed by atoms with van der Waals surface area (Å²) in [5, 5.41) is 9.12. The predicted molar refractivity (Wildman–Crippen MR) is 80.1 cm³/mol. The second-order valence-corrected chi connectivity index (χ2v) is 5.22. The van der Waals surface area contributed by atoms with Crippen LogP contribution in [0, 0.1) is 0 Å². The van der Waals surface area contributed by atoms with E-state index in [1.165, 1.54) is 6.20 Å². The molecule has 6 nitrogen and oxygen atoms in total. The Balaban J connectivity index is 2.23. The number of aryl methyl sites for hydroxylation is 1. The van der Waals surface area contributed by atoms with E-state index in [1.54, 1.807) is 10.8 Å². The van der Waals surface area contributed by atoms with Gasteiger partial charge in [-0.25, -0.2) is 9.78 Å². The number of aromatic carboxylic acids is 1. The van der Waals surface area contributed by atoms with Crippen molar-refractivity contribution in [3.05, 3.63) is 34.2 Å². The standard InChI is InChI=1S/C15H17N3O3/c1-2-17-9-11(15(20)21)14(19)13-12(17)7-10(8-16-13)18-5-3-4-6-18/h7-9H,2-6H2,1H3,(H,20,21). The molecule has 0 spiro atoms. The van der Waals surface area contributed by atoms with Gasteiger partial charge in [-0.15, -0.1) is 0 Å². The fourth-order valence-electron chi connectivity index (χ4n) is 2.81. The molecule has 0 unspecified atom stereocenters. The van der Waals surface area contributed by atoms with Crippen LogP contribution in [0.5, 0.6) is 0 Å². The molecule has 1 fully saturated rings. The molecular formula is C15H17N3O3. The molecule has 1 aliphatic rings. The average Bonchev–Trinajstić information content (AvgIpc) is 3.01. The molecule has 21 heavy (non-hydrogen) atoms. The summed E-state index contributed by atoms with van der Waals surface area (Å²) in [6.45, 7) is 4.49. The highest BCUT2D eigenvalue weighted by molar-refractivity contribution is 5.91. The van der Waals surface area contributed by atoms with E-state index in [-0.39, 0.29) is 11.1 Å². The highest BCUT2D eigenvalue weighted by atomic mass is 16.4. The summed E-state index contributed by atoms with van der Waals surface area (Å²) in [7, 11) is 0. The van der Waals surface area contributed by atoms with Crippen LogP contribution in [0.25, 0.3) is 11.0 Å². The number of carbonyl (C=O) groups is 1. The molecule has 3 heterocycles. The van der Waals surface area contributed by atoms with Crippen LogP contribution in [-0.4, -0.2) is 33.7 Å². The van der Waals surface area contributed by atoms with E-state index in [4.69, 9.17) is 5.11 Å². The zero-order chi connectivity index (χ0) is 15.0. The summed E-state index contributed by atoms with van der Waals surface area (Å²) in [5.74, 6) is -1.21. The lowest BCUT2D eigenvalue weighted by Crippen LogP contribution is -2.21. The molecule has 1 N–H and O–H groups in total. The predicted octanol–water partition coefficient (Wildman–Crippen LogP) is 1.71. The monoisotopic (exact) mass is 287 g/mol. The minimum atomic E-state index is -1.21. The van der Waals surface area contributed by atoms with E-state index >= 15 is 0 Å². The Morgan fingerprint density at radius 2 is 2.10 bits per heavy atom. The summed E-state index contributed by atoms with van der Waals surface area (Å²) < 4.78 is 1.77. The Morgan fingerprint density at radius 3 is 2.71 bits per heavy atom. The SMILES string of the molecule is CCn1cc(C(=O)O)c(=O)c2ncc(N3CCCC3)cc21. The van der Waals surface area contributed by atoms with Gasteiger partial charge in [0.2, 0.25) is 5.43 Å². The lowest BCUT2D eigenvalue weighted by Gasteiger charge is -2.18. The van der Waals surface area contributed by atoms with Crippen molar-refractivity contribution in [1.29, 1.82) is 0 Å². The van der Waals surface area contributed by atoms with Crippen molar-refractivity contribution >= 4 is 22.7 Å². The van der Waals surface area contributed by atoms with E-state index < -0.39 is 11.4 Å². The van der Waals surface area contributed by atoms with Crippen LogP contribution in [0.15, 0.2) is 23.3 Å². The van der Waals surface area contributed by atoms with Gasteiger partial charge in [0.15, 0.2) is 0 Å². The number of hydrogen-bond acceptors (Lipinski definition) is 4. The third-order valence-electron chi connectivity index (χ3n) is 3.95. The fourth-order valence-corrected chi connectivity index (χ4v) is 2.81. The van der Waals surface area contributed by atoms with E-state index in [2.05, 4.69) is 9.88 Å². The summed E-state index contributed by atoms with van der Waals surface area (Å²) in [6, 6.07) is 1.93. The zero-order valence-corrected chi connectivity index (χ0v) is 11.9. The Morgan fingerprint density at radius 1 is 1.38 bits per heavy atom. The van der Waals surface area contributed by atoms with Crippen LogP contribution in [0.1, 0.15) is 30.1 Å². The molecule has 0 saturated carbocycles. The minimum Gasteiger partial charge on any atom is -0.477 e. The van der Waals surface area contributed by atoms with E-state index in [0.29, 0.717) is 12.1 Å². The first-order valence-corrected chi connectivity index (χ1v) is 7.13. The quantitative estimate of drug-likeness (QED) is 0.930. The first-order valence-electron chi connectivity index (χ1n) is 7.13. The number of aromatic nitrogens is 2. The molecule has 2 aromatic rings. The molecule has 2 aromatic heterocycles. The molecule has 1 aliphatic heterocycles. The smallest absolute Gasteiger partial charge is 0.341 e. The number of fused-ring (bicyclic) bond motifs is 1. The average molecular weight is 287 g/mol. The maximum absolute atomic E-state index is 12.2. The minimum absolute atomic E-state index is 0.222. The van der Waals surface area contributed by atoms with Crippen molar-refractivity contribution in [2.75, 3.05) is 18.0 Å². The highest BCUT2D eigenvalue weighted by Gasteiger charge is 2.18. The normalized spacial score (nSPS) is 14.8. The number of rotatable bonds is 3. The maximum Gasteiger partial charge on any atom is 0.341 e. The van der Waals surface area contributed by atoms with Crippen LogP contribution in [-0.2, 0) is 6.54 Å². The summed E-state index contributed by atoms with van der Waals surface area (Å²) >= 11 is 0. The van der Waals surface area contributed by atoms with Crippen molar-refractivity contribution in [2.24, 2.45) is 0 Å². The van der Waals surface area contributed by atoms with Crippen molar-refractivity contribution in [2.45, 2.75) is 26.3 Å². The molecule has 1 saturated heterocycles. The van der Waals surface area contributed by atoms with E-state index in [0.717, 1.165) is 31.6 Å². The summed E-state index contributed by atoms with van der Waals surface area (Å²) in [6.07, 6.45) is 5.40. The van der Waals surface area contributed by atoms with Gasteiger partial charge < -0.3 is 14.6 Å². The Kier molecular flexibility index (Phi) is 3.37. The lowest BCUT2D eigenvalue weighted by atomic mass is 10.2. The molecule has 6 heteroatoms. The highest BCUT2D eigenvalue weighted by Crippen LogP contribution is 2.22. The molecule has 0 aliphatic carbocycles. The Bertz CT molecular complexity index is 761. The van der Waals surface area contributed by atoms with Crippen molar-refractivity contribution < 1.29 is 9.90 Å². The maximum atomic E-state index is 12.2. The number of pyridine rings is 2. The Hall–Kier alpha value is -2.37. The first kappa shape index (κ1) is 13.6. The van der Waals surface area contributed by atoms with Crippen LogP contribution in [0.2, 0.25) is 0 Å². The third-order valence-corrected chi connectivity index (χ3v) is 3.95. The van der Waals surface area contributed by atoms with Crippen LogP contribution in [0.3, 0.4) is 0 Å². The van der Waals surface area contributed by atoms with Gasteiger partial charge in [0.05, 0.1) is 17.4 Å². The molecular weight excluding hydrogens is 270 g/mol. The molecule has 0 atom stereocenters. The van der Waals surface area contributed by atoms with Gasteiger partial charge >= 0.3 is 5.97 Å². The number of nitrogens with zero attached hydrogens (tertiary/aromatic N) is 3. The second-order valence-electron chi connectivity index (χ2n) is 5.22. The van der Waals surface area contributed by atoms with Crippen molar-refractivity contribution in [1.82, 2.24) is 9.55 Å². The summed E-state index contributed by atoms with van der Waals surface area (Å²) in [4.78, 5) is 29.8. The number of anilines is 1. The van der Waals surface area contributed by atoms with Gasteiger partial charge in [-0.1, -0.05) is 0 Å². The van der Waals surface area contributed by atoms with Gasteiger partial charge in [-0.05, 0) is 25.8 Å². The molecule has 0 radical (unpaired) electrons. The summed E-state index contributed by atoms with van der Waals surface area (Å²) in [5.41, 5.74) is 1.15. The lowest BCUT2D eigenvalue weighted by molar-refractivity contribution is 0.0695. The fraction of sp³-hybridized carbons (Fsp3) is 0.400. The topological polar surface area (TPSA) is 75.4 Å². The number of hydrogen-bond donors (Lipinski definition) is 1. The first-order chi connectivity index (χ1) is 10.1. The molecule has 3 rings (SSSR count). The van der Waals surface area contributed by atoms with E-state index in [9.17, 15) is 9.59 Å². The van der Waals surface area contributed by atoms with Crippen molar-refractivity contribution in [3.63, 3.8) is 0 Å². The largest absolute Gasteiger partial charge is 0.477 e. The van der Waals surface area contributed by atoms with Gasteiger partial charge in [-0.2, -0.15) is 0 Å². The molecule has 110 valence electrons. The number of carboxylic acid groups (broad SMARTS) is 1. The molecule has 0 amide bonds. The zero-order valence-electron chi connectivity index (χ0n) is 11.9. The molecule has 0 bridgehead atoms. The van der Waals surface area contributed by atoms with Crippen molar-refractivity contribution in [3.8, 4) is 0 Å². The van der Waals surface area contributed by atoms with Crippen LogP contribution < -0.4 is 10.3 Å². The Labute approximate surface area is 121 Å². The molecule has 0 aromatic carbocycles. The third kappa shape index (κ3) is 2.26. The van der Waals surface area contributed by atoms with Gasteiger partial charge in [0.25, 0.3) is 0 Å². The van der Waals surface area contributed by atoms with Gasteiger partial charge in [-0.3, -0.25) is 4.79 Å². The van der Waals surface area contributed by atoms with Crippen LogP contribution in [0.4, 0.5) is 5.69 Å². The van der Waals surface area contributed by atoms with E-state index in [1.807, 2.05) is 13.0 Å². The number of carboxylic acids is 1. The van der Waals surface area contributed by atoms with Gasteiger partial charge in [0, 0.05) is 25.8 Å². The van der Waals surface area contributed by atoms with Crippen LogP contribution >= 0.6 is 0 Å². The second kappa shape index (κ2) is 5.20. The van der Waals surface area contributed by atoms with Gasteiger partial charge in [0.1, 0.15) is 11.1 Å².